The van der Waals surface area contributed by atoms with Gasteiger partial charge in [0.05, 0.1) is 21.8 Å². The van der Waals surface area contributed by atoms with Crippen LogP contribution in [0.15, 0.2) is 41.3 Å². The number of nitrogens with one attached hydrogen (secondary N) is 1. The van der Waals surface area contributed by atoms with E-state index in [9.17, 15) is 26.4 Å². The van der Waals surface area contributed by atoms with E-state index in [-0.39, 0.29) is 21.3 Å². The Kier molecular flexibility index (Phi) is 6.03. The van der Waals surface area contributed by atoms with E-state index in [0.29, 0.717) is 25.2 Å². The van der Waals surface area contributed by atoms with Crippen LogP contribution in [-0.4, -0.2) is 32.3 Å². The van der Waals surface area contributed by atoms with Crippen LogP contribution in [-0.2, 0) is 16.2 Å². The first-order chi connectivity index (χ1) is 13.5. The highest BCUT2D eigenvalue weighted by Crippen LogP contribution is 2.34. The molecule has 29 heavy (non-hydrogen) atoms. The van der Waals surface area contributed by atoms with E-state index in [2.05, 4.69) is 4.72 Å². The standard InChI is InChI=1S/C18H15Cl2F3N2O3S/c19-12-4-5-13(17(26)25-7-1-2-8-25)15(10-12)24-29(27,28)16-9-11(18(21,22)23)3-6-14(16)20/h3-6,9-10,24H,1-2,7-8H2. The number of likely N-dealkylation sites (tertiary alicyclic amines) is 1. The quantitative estimate of drug-likeness (QED) is 0.685. The van der Waals surface area contributed by atoms with E-state index in [1.807, 2.05) is 0 Å². The molecule has 0 aliphatic carbocycles. The van der Waals surface area contributed by atoms with E-state index < -0.39 is 32.6 Å². The van der Waals surface area contributed by atoms with Crippen LogP contribution in [0.4, 0.5) is 18.9 Å². The number of sulfonamides is 1. The van der Waals surface area contributed by atoms with Gasteiger partial charge in [-0.05, 0) is 49.2 Å². The molecule has 0 unspecified atom stereocenters. The molecule has 0 atom stereocenters. The normalized spacial score (nSPS) is 14.9. The fraction of sp³-hybridized carbons (Fsp3) is 0.278. The van der Waals surface area contributed by atoms with Crippen molar-refractivity contribution in [2.75, 3.05) is 17.8 Å². The lowest BCUT2D eigenvalue weighted by molar-refractivity contribution is -0.137. The zero-order chi connectivity index (χ0) is 21.4. The Morgan fingerprint density at radius 2 is 1.69 bits per heavy atom. The lowest BCUT2D eigenvalue weighted by atomic mass is 10.1. The second-order valence-electron chi connectivity index (χ2n) is 6.44. The third-order valence-corrected chi connectivity index (χ3v) is 6.48. The highest BCUT2D eigenvalue weighted by atomic mass is 35.5. The molecule has 0 spiro atoms. The average molecular weight is 467 g/mol. The van der Waals surface area contributed by atoms with Crippen molar-refractivity contribution >= 4 is 44.8 Å². The molecule has 1 N–H and O–H groups in total. The van der Waals surface area contributed by atoms with Gasteiger partial charge in [0, 0.05) is 18.1 Å². The second-order valence-corrected chi connectivity index (χ2v) is 8.93. The van der Waals surface area contributed by atoms with Crippen molar-refractivity contribution < 1.29 is 26.4 Å². The first-order valence-corrected chi connectivity index (χ1v) is 10.7. The third-order valence-electron chi connectivity index (χ3n) is 4.40. The number of hydrogen-bond donors (Lipinski definition) is 1. The molecule has 1 saturated heterocycles. The van der Waals surface area contributed by atoms with Gasteiger partial charge in [0.2, 0.25) is 0 Å². The Morgan fingerprint density at radius 1 is 1.03 bits per heavy atom. The fourth-order valence-corrected chi connectivity index (χ4v) is 4.73. The van der Waals surface area contributed by atoms with Crippen LogP contribution in [0.25, 0.3) is 0 Å². The van der Waals surface area contributed by atoms with Crippen molar-refractivity contribution in [1.82, 2.24) is 4.90 Å². The third kappa shape index (κ3) is 4.79. The Balaban J connectivity index is 2.01. The van der Waals surface area contributed by atoms with Gasteiger partial charge in [-0.15, -0.1) is 0 Å². The topological polar surface area (TPSA) is 66.5 Å². The minimum atomic E-state index is -4.75. The van der Waals surface area contributed by atoms with Crippen molar-refractivity contribution in [2.45, 2.75) is 23.9 Å². The molecule has 1 aliphatic heterocycles. The lowest BCUT2D eigenvalue weighted by Crippen LogP contribution is -2.29. The Hall–Kier alpha value is -1.97. The van der Waals surface area contributed by atoms with Crippen LogP contribution < -0.4 is 4.72 Å². The highest BCUT2D eigenvalue weighted by molar-refractivity contribution is 7.92. The number of alkyl halides is 3. The number of anilines is 1. The van der Waals surface area contributed by atoms with Crippen LogP contribution in [0.3, 0.4) is 0 Å². The van der Waals surface area contributed by atoms with Crippen LogP contribution in [0.1, 0.15) is 28.8 Å². The fourth-order valence-electron chi connectivity index (χ4n) is 2.96. The van der Waals surface area contributed by atoms with E-state index in [1.165, 1.54) is 18.2 Å². The maximum Gasteiger partial charge on any atom is 0.416 e. The van der Waals surface area contributed by atoms with Gasteiger partial charge in [-0.1, -0.05) is 23.2 Å². The molecule has 5 nitrogen and oxygen atoms in total. The number of carbonyl (C=O) groups excluding carboxylic acids is 1. The number of rotatable bonds is 4. The molecular formula is C18H15Cl2F3N2O3S. The molecule has 0 bridgehead atoms. The second kappa shape index (κ2) is 8.04. The summed E-state index contributed by atoms with van der Waals surface area (Å²) in [5, 5.41) is -0.240. The molecule has 156 valence electrons. The van der Waals surface area contributed by atoms with E-state index in [1.54, 1.807) is 4.90 Å². The summed E-state index contributed by atoms with van der Waals surface area (Å²) in [6.07, 6.45) is -3.08. The van der Waals surface area contributed by atoms with Crippen molar-refractivity contribution in [1.29, 1.82) is 0 Å². The summed E-state index contributed by atoms with van der Waals surface area (Å²) < 4.78 is 66.7. The number of amides is 1. The van der Waals surface area contributed by atoms with Crippen molar-refractivity contribution in [2.24, 2.45) is 0 Å². The molecule has 1 amide bonds. The molecular weight excluding hydrogens is 452 g/mol. The van der Waals surface area contributed by atoms with E-state index in [4.69, 9.17) is 23.2 Å². The first-order valence-electron chi connectivity index (χ1n) is 8.47. The van der Waals surface area contributed by atoms with Gasteiger partial charge in [0.15, 0.2) is 0 Å². The van der Waals surface area contributed by atoms with Gasteiger partial charge < -0.3 is 4.90 Å². The van der Waals surface area contributed by atoms with Gasteiger partial charge in [0.1, 0.15) is 4.90 Å². The predicted octanol–water partition coefficient (Wildman–Crippen LogP) is 5.05. The van der Waals surface area contributed by atoms with Crippen molar-refractivity contribution in [3.8, 4) is 0 Å². The molecule has 2 aromatic rings. The average Bonchev–Trinajstić information content (AvgIpc) is 3.15. The summed E-state index contributed by atoms with van der Waals surface area (Å²) in [7, 11) is -4.53. The Morgan fingerprint density at radius 3 is 2.31 bits per heavy atom. The summed E-state index contributed by atoms with van der Waals surface area (Å²) in [4.78, 5) is 13.5. The van der Waals surface area contributed by atoms with Gasteiger partial charge in [-0.25, -0.2) is 8.42 Å². The molecule has 1 aliphatic rings. The molecule has 0 saturated carbocycles. The van der Waals surface area contributed by atoms with E-state index >= 15 is 0 Å². The number of benzene rings is 2. The van der Waals surface area contributed by atoms with Crippen LogP contribution in [0, 0.1) is 0 Å². The summed E-state index contributed by atoms with van der Waals surface area (Å²) in [6, 6.07) is 6.01. The molecule has 1 heterocycles. The lowest BCUT2D eigenvalue weighted by Gasteiger charge is -2.19. The van der Waals surface area contributed by atoms with E-state index in [0.717, 1.165) is 18.9 Å². The Labute approximate surface area is 175 Å². The van der Waals surface area contributed by atoms with Gasteiger partial charge in [-0.2, -0.15) is 13.2 Å². The molecule has 0 aromatic heterocycles. The minimum absolute atomic E-state index is 0.0444. The maximum absolute atomic E-state index is 13.0. The molecule has 11 heteroatoms. The Bertz CT molecular complexity index is 1050. The predicted molar refractivity (Wildman–Crippen MR) is 104 cm³/mol. The smallest absolute Gasteiger partial charge is 0.339 e. The number of carbonyl (C=O) groups is 1. The van der Waals surface area contributed by atoms with Gasteiger partial charge in [-0.3, -0.25) is 9.52 Å². The molecule has 3 rings (SSSR count). The highest BCUT2D eigenvalue weighted by Gasteiger charge is 2.33. The molecule has 1 fully saturated rings. The van der Waals surface area contributed by atoms with Gasteiger partial charge >= 0.3 is 6.18 Å². The monoisotopic (exact) mass is 466 g/mol. The zero-order valence-corrected chi connectivity index (χ0v) is 17.1. The SMILES string of the molecule is O=C(c1ccc(Cl)cc1NS(=O)(=O)c1cc(C(F)(F)F)ccc1Cl)N1CCCC1. The number of nitrogens with zero attached hydrogens (tertiary/aromatic N) is 1. The zero-order valence-electron chi connectivity index (χ0n) is 14.8. The molecule has 2 aromatic carbocycles. The number of hydrogen-bond acceptors (Lipinski definition) is 3. The molecule has 0 radical (unpaired) electrons. The van der Waals surface area contributed by atoms with Crippen LogP contribution in [0.2, 0.25) is 10.0 Å². The van der Waals surface area contributed by atoms with Gasteiger partial charge in [0.25, 0.3) is 15.9 Å². The number of halogens is 5. The first kappa shape index (κ1) is 21.7. The summed E-state index contributed by atoms with van der Waals surface area (Å²) in [5.41, 5.74) is -1.26. The van der Waals surface area contributed by atoms with Crippen molar-refractivity contribution in [3.05, 3.63) is 57.6 Å². The summed E-state index contributed by atoms with van der Waals surface area (Å²) >= 11 is 11.8. The summed E-state index contributed by atoms with van der Waals surface area (Å²) in [6.45, 7) is 1.07. The largest absolute Gasteiger partial charge is 0.416 e. The summed E-state index contributed by atoms with van der Waals surface area (Å²) in [5.74, 6) is -0.396. The van der Waals surface area contributed by atoms with Crippen LogP contribution >= 0.6 is 23.2 Å². The van der Waals surface area contributed by atoms with Crippen molar-refractivity contribution in [3.63, 3.8) is 0 Å². The maximum atomic E-state index is 13.0. The minimum Gasteiger partial charge on any atom is -0.339 e. The van der Waals surface area contributed by atoms with Crippen LogP contribution in [0.5, 0.6) is 0 Å².